The number of hydrogen-bond acceptors (Lipinski definition) is 3. The van der Waals surface area contributed by atoms with E-state index in [1.54, 1.807) is 26.0 Å². The molecule has 0 saturated carbocycles. The molecule has 1 aromatic carbocycles. The van der Waals surface area contributed by atoms with E-state index in [0.717, 1.165) is 5.56 Å². The van der Waals surface area contributed by atoms with Gasteiger partial charge in [0.1, 0.15) is 0 Å². The van der Waals surface area contributed by atoms with Crippen molar-refractivity contribution < 1.29 is 13.5 Å². The average Bonchev–Trinajstić information content (AvgIpc) is 2.14. The van der Waals surface area contributed by atoms with Gasteiger partial charge in [-0.3, -0.25) is 0 Å². The Kier molecular flexibility index (Phi) is 3.72. The highest BCUT2D eigenvalue weighted by Gasteiger charge is 2.19. The number of aryl methyl sites for hydroxylation is 1. The lowest BCUT2D eigenvalue weighted by molar-refractivity contribution is 0.0857. The molecule has 0 aliphatic rings. The van der Waals surface area contributed by atoms with Gasteiger partial charge in [-0.05, 0) is 38.5 Å². The second-order valence-corrected chi connectivity index (χ2v) is 6.22. The third-order valence-electron chi connectivity index (χ3n) is 1.99. The van der Waals surface area contributed by atoms with Crippen LogP contribution in [0.4, 0.5) is 0 Å². The van der Waals surface area contributed by atoms with Gasteiger partial charge in [-0.1, -0.05) is 12.1 Å². The molecule has 4 nitrogen and oxygen atoms in total. The number of hydrogen-bond donors (Lipinski definition) is 2. The molecule has 2 N–H and O–H groups in total. The molecule has 0 aromatic heterocycles. The molecule has 0 aliphatic heterocycles. The van der Waals surface area contributed by atoms with Gasteiger partial charge in [-0.25, -0.2) is 13.1 Å². The fourth-order valence-electron chi connectivity index (χ4n) is 1.14. The molecule has 0 saturated heterocycles. The van der Waals surface area contributed by atoms with Crippen LogP contribution < -0.4 is 4.72 Å². The largest absolute Gasteiger partial charge is 0.389 e. The van der Waals surface area contributed by atoms with Crippen LogP contribution in [0.15, 0.2) is 29.2 Å². The summed E-state index contributed by atoms with van der Waals surface area (Å²) in [5.74, 6) is 0. The predicted molar refractivity (Wildman–Crippen MR) is 62.7 cm³/mol. The number of rotatable bonds is 4. The number of benzene rings is 1. The molecule has 1 aromatic rings. The highest BCUT2D eigenvalue weighted by atomic mass is 32.2. The zero-order chi connectivity index (χ0) is 12.4. The van der Waals surface area contributed by atoms with E-state index in [4.69, 9.17) is 0 Å². The SMILES string of the molecule is Cc1cccc(S(=O)(=O)NCC(C)(C)O)c1. The zero-order valence-corrected chi connectivity index (χ0v) is 10.5. The molecule has 0 atom stereocenters. The molecule has 0 radical (unpaired) electrons. The Labute approximate surface area is 96.4 Å². The first-order valence-electron chi connectivity index (χ1n) is 4.99. The average molecular weight is 243 g/mol. The van der Waals surface area contributed by atoms with Crippen LogP contribution in [0.3, 0.4) is 0 Å². The zero-order valence-electron chi connectivity index (χ0n) is 9.69. The van der Waals surface area contributed by atoms with E-state index < -0.39 is 15.6 Å². The minimum absolute atomic E-state index is 0.0106. The third-order valence-corrected chi connectivity index (χ3v) is 3.39. The minimum atomic E-state index is -3.53. The van der Waals surface area contributed by atoms with E-state index in [1.165, 1.54) is 6.07 Å². The van der Waals surface area contributed by atoms with Gasteiger partial charge in [0.2, 0.25) is 10.0 Å². The lowest BCUT2D eigenvalue weighted by atomic mass is 10.1. The second-order valence-electron chi connectivity index (χ2n) is 4.45. The van der Waals surface area contributed by atoms with E-state index in [-0.39, 0.29) is 11.4 Å². The first kappa shape index (κ1) is 13.2. The van der Waals surface area contributed by atoms with Crippen molar-refractivity contribution in [3.05, 3.63) is 29.8 Å². The first-order valence-corrected chi connectivity index (χ1v) is 6.48. The van der Waals surface area contributed by atoms with Crippen molar-refractivity contribution in [1.29, 1.82) is 0 Å². The lowest BCUT2D eigenvalue weighted by Crippen LogP contribution is -2.38. The van der Waals surface area contributed by atoms with E-state index in [1.807, 2.05) is 13.0 Å². The summed E-state index contributed by atoms with van der Waals surface area (Å²) < 4.78 is 26.0. The van der Waals surface area contributed by atoms with Crippen molar-refractivity contribution in [2.75, 3.05) is 6.54 Å². The van der Waals surface area contributed by atoms with Crippen LogP contribution in [-0.4, -0.2) is 25.7 Å². The van der Waals surface area contributed by atoms with E-state index in [0.29, 0.717) is 0 Å². The highest BCUT2D eigenvalue weighted by molar-refractivity contribution is 7.89. The van der Waals surface area contributed by atoms with Gasteiger partial charge in [0.25, 0.3) is 0 Å². The smallest absolute Gasteiger partial charge is 0.240 e. The fourth-order valence-corrected chi connectivity index (χ4v) is 2.45. The minimum Gasteiger partial charge on any atom is -0.389 e. The molecule has 0 spiro atoms. The monoisotopic (exact) mass is 243 g/mol. The van der Waals surface area contributed by atoms with Crippen LogP contribution in [0.2, 0.25) is 0 Å². The summed E-state index contributed by atoms with van der Waals surface area (Å²) in [6.07, 6.45) is 0. The Morgan fingerprint density at radius 2 is 2.00 bits per heavy atom. The molecule has 90 valence electrons. The van der Waals surface area contributed by atoms with Crippen LogP contribution in [0.25, 0.3) is 0 Å². The molecule has 1 rings (SSSR count). The highest BCUT2D eigenvalue weighted by Crippen LogP contribution is 2.11. The summed E-state index contributed by atoms with van der Waals surface area (Å²) in [5, 5.41) is 9.46. The number of nitrogens with one attached hydrogen (secondary N) is 1. The standard InChI is InChI=1S/C11H17NO3S/c1-9-5-4-6-10(7-9)16(14,15)12-8-11(2,3)13/h4-7,12-13H,8H2,1-3H3. The molecule has 0 bridgehead atoms. The molecule has 0 heterocycles. The summed E-state index contributed by atoms with van der Waals surface area (Å²) in [7, 11) is -3.53. The first-order chi connectivity index (χ1) is 7.21. The Hall–Kier alpha value is -0.910. The van der Waals surface area contributed by atoms with Crippen molar-refractivity contribution in [1.82, 2.24) is 4.72 Å². The Morgan fingerprint density at radius 3 is 2.50 bits per heavy atom. The van der Waals surface area contributed by atoms with Gasteiger partial charge < -0.3 is 5.11 Å². The Balaban J connectivity index is 2.87. The normalized spacial score (nSPS) is 12.8. The fraction of sp³-hybridized carbons (Fsp3) is 0.455. The van der Waals surface area contributed by atoms with Crippen molar-refractivity contribution in [3.8, 4) is 0 Å². The van der Waals surface area contributed by atoms with E-state index >= 15 is 0 Å². The predicted octanol–water partition coefficient (Wildman–Crippen LogP) is 1.04. The summed E-state index contributed by atoms with van der Waals surface area (Å²) in [6.45, 7) is 4.91. The number of aliphatic hydroxyl groups is 1. The summed E-state index contributed by atoms with van der Waals surface area (Å²) >= 11 is 0. The maximum absolute atomic E-state index is 11.8. The van der Waals surface area contributed by atoms with Crippen molar-refractivity contribution in [2.24, 2.45) is 0 Å². The van der Waals surface area contributed by atoms with Crippen LogP contribution in [0.1, 0.15) is 19.4 Å². The molecular formula is C11H17NO3S. The maximum Gasteiger partial charge on any atom is 0.240 e. The van der Waals surface area contributed by atoms with Crippen LogP contribution >= 0.6 is 0 Å². The Bertz CT molecular complexity index is 460. The summed E-state index contributed by atoms with van der Waals surface area (Å²) in [4.78, 5) is 0.219. The van der Waals surface area contributed by atoms with Crippen LogP contribution in [0, 0.1) is 6.92 Å². The van der Waals surface area contributed by atoms with Crippen molar-refractivity contribution >= 4 is 10.0 Å². The van der Waals surface area contributed by atoms with E-state index in [2.05, 4.69) is 4.72 Å². The molecule has 0 unspecified atom stereocenters. The van der Waals surface area contributed by atoms with Gasteiger partial charge in [-0.2, -0.15) is 0 Å². The van der Waals surface area contributed by atoms with Gasteiger partial charge in [0, 0.05) is 6.54 Å². The van der Waals surface area contributed by atoms with Crippen molar-refractivity contribution in [2.45, 2.75) is 31.3 Å². The molecule has 0 fully saturated rings. The van der Waals surface area contributed by atoms with Gasteiger partial charge in [0.15, 0.2) is 0 Å². The van der Waals surface area contributed by atoms with Gasteiger partial charge in [0.05, 0.1) is 10.5 Å². The van der Waals surface area contributed by atoms with Crippen LogP contribution in [0.5, 0.6) is 0 Å². The van der Waals surface area contributed by atoms with Gasteiger partial charge >= 0.3 is 0 Å². The maximum atomic E-state index is 11.8. The van der Waals surface area contributed by atoms with Gasteiger partial charge in [-0.15, -0.1) is 0 Å². The quantitative estimate of drug-likeness (QED) is 0.830. The molecule has 0 amide bonds. The third kappa shape index (κ3) is 3.92. The van der Waals surface area contributed by atoms with Crippen LogP contribution in [-0.2, 0) is 10.0 Å². The molecule has 16 heavy (non-hydrogen) atoms. The molecule has 0 aliphatic carbocycles. The van der Waals surface area contributed by atoms with E-state index in [9.17, 15) is 13.5 Å². The summed E-state index contributed by atoms with van der Waals surface area (Å²) in [5.41, 5.74) is -0.178. The lowest BCUT2D eigenvalue weighted by Gasteiger charge is -2.17. The number of sulfonamides is 1. The summed E-state index contributed by atoms with van der Waals surface area (Å²) in [6, 6.07) is 6.63. The van der Waals surface area contributed by atoms with Crippen molar-refractivity contribution in [3.63, 3.8) is 0 Å². The molecule has 5 heteroatoms. The molecular weight excluding hydrogens is 226 g/mol. The Morgan fingerprint density at radius 1 is 1.38 bits per heavy atom. The second kappa shape index (κ2) is 4.53. The topological polar surface area (TPSA) is 66.4 Å².